The van der Waals surface area contributed by atoms with Gasteiger partial charge in [0.1, 0.15) is 36.6 Å². The van der Waals surface area contributed by atoms with Crippen molar-refractivity contribution in [3.05, 3.63) is 0 Å². The van der Waals surface area contributed by atoms with Gasteiger partial charge in [0.2, 0.25) is 0 Å². The third kappa shape index (κ3) is 6.54. The smallest absolute Gasteiger partial charge is 0.305 e. The molecular weight excluding hydrogens is 418 g/mol. The predicted octanol–water partition coefficient (Wildman–Crippen LogP) is -3.70. The molecule has 0 aliphatic carbocycles. The zero-order valence-corrected chi connectivity index (χ0v) is 17.6. The van der Waals surface area contributed by atoms with Crippen LogP contribution in [0.1, 0.15) is 25.7 Å². The van der Waals surface area contributed by atoms with Crippen LogP contribution in [0.2, 0.25) is 0 Å². The molecule has 0 radical (unpaired) electrons. The van der Waals surface area contributed by atoms with Gasteiger partial charge in [0.25, 0.3) is 0 Å². The van der Waals surface area contributed by atoms with Crippen LogP contribution in [0, 0.1) is 0 Å². The molecule has 12 nitrogen and oxygen atoms in total. The van der Waals surface area contributed by atoms with Crippen molar-refractivity contribution in [2.75, 3.05) is 33.4 Å². The van der Waals surface area contributed by atoms with Gasteiger partial charge in [-0.3, -0.25) is 9.69 Å². The number of rotatable bonds is 10. The van der Waals surface area contributed by atoms with Gasteiger partial charge in [0, 0.05) is 13.0 Å². The molecule has 0 aromatic heterocycles. The van der Waals surface area contributed by atoms with Gasteiger partial charge in [-0.05, 0) is 19.4 Å². The summed E-state index contributed by atoms with van der Waals surface area (Å²) in [6, 6.07) is -0.751. The van der Waals surface area contributed by atoms with Gasteiger partial charge in [-0.25, -0.2) is 0 Å². The topological polar surface area (TPSA) is 190 Å². The van der Waals surface area contributed by atoms with Crippen LogP contribution in [0.25, 0.3) is 0 Å². The van der Waals surface area contributed by atoms with E-state index in [0.29, 0.717) is 25.8 Å². The molecule has 2 saturated heterocycles. The third-order valence-corrected chi connectivity index (χ3v) is 5.88. The first-order valence-electron chi connectivity index (χ1n) is 10.5. The van der Waals surface area contributed by atoms with Gasteiger partial charge < -0.3 is 50.0 Å². The van der Waals surface area contributed by atoms with Gasteiger partial charge in [0.15, 0.2) is 6.29 Å². The molecule has 2 aliphatic rings. The zero-order valence-electron chi connectivity index (χ0n) is 17.6. The maximum absolute atomic E-state index is 11.1. The minimum absolute atomic E-state index is 0.0708. The van der Waals surface area contributed by atoms with E-state index in [-0.39, 0.29) is 12.5 Å². The van der Waals surface area contributed by atoms with Crippen LogP contribution >= 0.6 is 0 Å². The number of aliphatic hydroxyl groups is 7. The first-order valence-corrected chi connectivity index (χ1v) is 10.5. The average Bonchev–Trinajstić information content (AvgIpc) is 2.75. The SMILES string of the molecule is COC(=O)CCCCCN1C[C@@H](O)[C@@H](O[C@H]2O[C@H](CO)[C@@H](O)[C@H](O)[C@H]2O)[C@H](O)[C@H]1CO. The third-order valence-electron chi connectivity index (χ3n) is 5.88. The molecule has 2 fully saturated rings. The zero-order chi connectivity index (χ0) is 23.1. The number of nitrogens with zero attached hydrogens (tertiary/aromatic N) is 1. The van der Waals surface area contributed by atoms with E-state index in [4.69, 9.17) is 9.47 Å². The molecule has 0 saturated carbocycles. The number of hydrogen-bond acceptors (Lipinski definition) is 12. The predicted molar refractivity (Wildman–Crippen MR) is 104 cm³/mol. The van der Waals surface area contributed by atoms with Crippen molar-refractivity contribution in [3.8, 4) is 0 Å². The summed E-state index contributed by atoms with van der Waals surface area (Å²) < 4.78 is 15.4. The molecule has 31 heavy (non-hydrogen) atoms. The lowest BCUT2D eigenvalue weighted by Crippen LogP contribution is -2.66. The summed E-state index contributed by atoms with van der Waals surface area (Å²) in [5.41, 5.74) is 0. The van der Waals surface area contributed by atoms with Gasteiger partial charge in [-0.1, -0.05) is 6.42 Å². The Morgan fingerprint density at radius 3 is 2.29 bits per heavy atom. The fourth-order valence-electron chi connectivity index (χ4n) is 3.99. The van der Waals surface area contributed by atoms with Crippen LogP contribution in [-0.2, 0) is 19.0 Å². The lowest BCUT2D eigenvalue weighted by molar-refractivity contribution is -0.330. The molecule has 2 heterocycles. The number of esters is 1. The molecule has 0 bridgehead atoms. The van der Waals surface area contributed by atoms with Gasteiger partial charge in [-0.15, -0.1) is 0 Å². The second-order valence-corrected chi connectivity index (χ2v) is 7.99. The first kappa shape index (κ1) is 26.3. The Labute approximate surface area is 180 Å². The summed E-state index contributed by atoms with van der Waals surface area (Å²) >= 11 is 0. The van der Waals surface area contributed by atoms with E-state index in [1.165, 1.54) is 7.11 Å². The Bertz CT molecular complexity index is 551. The van der Waals surface area contributed by atoms with E-state index in [9.17, 15) is 40.5 Å². The van der Waals surface area contributed by atoms with E-state index in [2.05, 4.69) is 4.74 Å². The Kier molecular flexibility index (Phi) is 10.5. The minimum Gasteiger partial charge on any atom is -0.469 e. The number of methoxy groups -OCH3 is 1. The number of ether oxygens (including phenoxy) is 3. The molecule has 0 aromatic rings. The van der Waals surface area contributed by atoms with E-state index in [0.717, 1.165) is 6.42 Å². The minimum atomic E-state index is -1.67. The molecule has 2 rings (SSSR count). The van der Waals surface area contributed by atoms with Crippen LogP contribution in [0.5, 0.6) is 0 Å². The van der Waals surface area contributed by atoms with Crippen molar-refractivity contribution in [2.45, 2.75) is 80.7 Å². The van der Waals surface area contributed by atoms with Crippen molar-refractivity contribution < 1.29 is 54.8 Å². The second kappa shape index (κ2) is 12.3. The van der Waals surface area contributed by atoms with E-state index in [1.54, 1.807) is 4.90 Å². The Morgan fingerprint density at radius 1 is 0.968 bits per heavy atom. The van der Waals surface area contributed by atoms with E-state index >= 15 is 0 Å². The molecule has 182 valence electrons. The summed E-state index contributed by atoms with van der Waals surface area (Å²) in [6.45, 7) is -0.511. The summed E-state index contributed by atoms with van der Waals surface area (Å²) in [5, 5.41) is 70.1. The van der Waals surface area contributed by atoms with Crippen LogP contribution in [0.15, 0.2) is 0 Å². The lowest BCUT2D eigenvalue weighted by Gasteiger charge is -2.47. The van der Waals surface area contributed by atoms with Crippen molar-refractivity contribution in [3.63, 3.8) is 0 Å². The summed E-state index contributed by atoms with van der Waals surface area (Å²) in [7, 11) is 1.33. The molecular formula is C19H35NO11. The number of unbranched alkanes of at least 4 members (excludes halogenated alkanes) is 2. The standard InChI is InChI=1S/C19H35NO11/c1-29-13(24)5-3-2-4-6-20-7-11(23)18(14(25)10(20)8-21)31-19-17(28)16(27)15(26)12(9-22)30-19/h10-12,14-19,21-23,25-28H,2-9H2,1H3/t10-,11-,12-,14-,15-,16+,17-,18-,19-/m1/s1. The molecule has 12 heteroatoms. The fraction of sp³-hybridized carbons (Fsp3) is 0.947. The molecule has 9 atom stereocenters. The quantitative estimate of drug-likeness (QED) is 0.127. The second-order valence-electron chi connectivity index (χ2n) is 7.99. The number of likely N-dealkylation sites (tertiary alicyclic amines) is 1. The molecule has 0 amide bonds. The highest BCUT2D eigenvalue weighted by atomic mass is 16.7. The maximum Gasteiger partial charge on any atom is 0.305 e. The number of carbonyl (C=O) groups is 1. The first-order chi connectivity index (χ1) is 14.7. The summed E-state index contributed by atoms with van der Waals surface area (Å²) in [4.78, 5) is 12.9. The molecule has 0 spiro atoms. The average molecular weight is 453 g/mol. The number of β-amino-alcohol motifs (C(OH)–C–C–N with tert-alkyl or cyclic N) is 1. The Morgan fingerprint density at radius 2 is 1.68 bits per heavy atom. The summed E-state index contributed by atoms with van der Waals surface area (Å²) in [5.74, 6) is -0.287. The maximum atomic E-state index is 11.1. The fourth-order valence-corrected chi connectivity index (χ4v) is 3.99. The van der Waals surface area contributed by atoms with Crippen molar-refractivity contribution in [1.82, 2.24) is 4.90 Å². The number of piperidine rings is 1. The van der Waals surface area contributed by atoms with Crippen LogP contribution in [0.4, 0.5) is 0 Å². The van der Waals surface area contributed by atoms with Gasteiger partial charge in [-0.2, -0.15) is 0 Å². The van der Waals surface area contributed by atoms with Crippen LogP contribution in [-0.4, -0.2) is 135 Å². The number of carbonyl (C=O) groups excluding carboxylic acids is 1. The van der Waals surface area contributed by atoms with Crippen molar-refractivity contribution in [2.24, 2.45) is 0 Å². The van der Waals surface area contributed by atoms with Crippen LogP contribution < -0.4 is 0 Å². The van der Waals surface area contributed by atoms with E-state index < -0.39 is 68.3 Å². The lowest BCUT2D eigenvalue weighted by atomic mass is 9.93. The summed E-state index contributed by atoms with van der Waals surface area (Å²) in [6.07, 6.45) is -9.00. The number of hydrogen-bond donors (Lipinski definition) is 7. The van der Waals surface area contributed by atoms with Crippen molar-refractivity contribution >= 4 is 5.97 Å². The monoisotopic (exact) mass is 453 g/mol. The van der Waals surface area contributed by atoms with Crippen molar-refractivity contribution in [1.29, 1.82) is 0 Å². The molecule has 0 unspecified atom stereocenters. The number of aliphatic hydroxyl groups excluding tert-OH is 7. The molecule has 0 aromatic carbocycles. The highest BCUT2D eigenvalue weighted by molar-refractivity contribution is 5.68. The van der Waals surface area contributed by atoms with Crippen LogP contribution in [0.3, 0.4) is 0 Å². The Hall–Kier alpha value is -0.930. The van der Waals surface area contributed by atoms with Gasteiger partial charge >= 0.3 is 5.97 Å². The molecule has 7 N–H and O–H groups in total. The Balaban J connectivity index is 1.93. The highest BCUT2D eigenvalue weighted by Crippen LogP contribution is 2.28. The van der Waals surface area contributed by atoms with E-state index in [1.807, 2.05) is 0 Å². The molecule has 2 aliphatic heterocycles. The highest BCUT2D eigenvalue weighted by Gasteiger charge is 2.49. The largest absolute Gasteiger partial charge is 0.469 e. The van der Waals surface area contributed by atoms with Gasteiger partial charge in [0.05, 0.1) is 32.5 Å². The normalized spacial score (nSPS) is 39.4.